The van der Waals surface area contributed by atoms with E-state index in [4.69, 9.17) is 9.47 Å². The summed E-state index contributed by atoms with van der Waals surface area (Å²) in [7, 11) is -1.81. The molecule has 0 radical (unpaired) electrons. The van der Waals surface area contributed by atoms with E-state index in [9.17, 15) is 13.2 Å². The number of carbonyl (C=O) groups is 1. The van der Waals surface area contributed by atoms with Crippen LogP contribution in [0.25, 0.3) is 0 Å². The molecule has 0 saturated carbocycles. The van der Waals surface area contributed by atoms with Gasteiger partial charge < -0.3 is 14.8 Å². The van der Waals surface area contributed by atoms with E-state index in [2.05, 4.69) is 19.2 Å². The highest BCUT2D eigenvalue weighted by Gasteiger charge is 2.15. The second-order valence-corrected chi connectivity index (χ2v) is 9.25. The number of rotatable bonds is 11. The Bertz CT molecular complexity index is 895. The molecule has 6 nitrogen and oxygen atoms in total. The van der Waals surface area contributed by atoms with Gasteiger partial charge in [0.15, 0.2) is 21.3 Å². The lowest BCUT2D eigenvalue weighted by molar-refractivity contribution is 0.0953. The fourth-order valence-corrected chi connectivity index (χ4v) is 3.98. The van der Waals surface area contributed by atoms with Gasteiger partial charge in [0.05, 0.1) is 24.4 Å². The molecule has 1 amide bonds. The molecule has 2 aromatic carbocycles. The van der Waals surface area contributed by atoms with Crippen LogP contribution in [0.4, 0.5) is 0 Å². The smallest absolute Gasteiger partial charge is 0.251 e. The highest BCUT2D eigenvalue weighted by molar-refractivity contribution is 7.91. The molecule has 0 atom stereocenters. The SMILES string of the molecule is COc1cc(C(=O)NCCCS(=O)(=O)c2ccccc2)ccc1OCCC(C)C. The molecule has 7 heteroatoms. The number of sulfone groups is 1. The van der Waals surface area contributed by atoms with Crippen LogP contribution in [0.1, 0.15) is 37.0 Å². The van der Waals surface area contributed by atoms with E-state index in [-0.39, 0.29) is 18.2 Å². The predicted molar refractivity (Wildman–Crippen MR) is 113 cm³/mol. The molecule has 1 N–H and O–H groups in total. The number of methoxy groups -OCH3 is 1. The first-order valence-corrected chi connectivity index (χ1v) is 11.4. The number of benzene rings is 2. The van der Waals surface area contributed by atoms with Crippen molar-refractivity contribution in [1.82, 2.24) is 5.32 Å². The minimum Gasteiger partial charge on any atom is -0.493 e. The Morgan fingerprint density at radius 2 is 1.79 bits per heavy atom. The number of carbonyl (C=O) groups excluding carboxylic acids is 1. The van der Waals surface area contributed by atoms with Crippen LogP contribution in [-0.4, -0.2) is 40.3 Å². The summed E-state index contributed by atoms with van der Waals surface area (Å²) in [4.78, 5) is 12.7. The molecule has 0 aliphatic carbocycles. The molecule has 0 fully saturated rings. The topological polar surface area (TPSA) is 81.7 Å². The second-order valence-electron chi connectivity index (χ2n) is 7.14. The van der Waals surface area contributed by atoms with E-state index in [1.807, 2.05) is 0 Å². The maximum Gasteiger partial charge on any atom is 0.251 e. The summed E-state index contributed by atoms with van der Waals surface area (Å²) in [6, 6.07) is 13.3. The fourth-order valence-electron chi connectivity index (χ4n) is 2.64. The zero-order chi connectivity index (χ0) is 21.3. The Labute approximate surface area is 173 Å². The number of hydrogen-bond acceptors (Lipinski definition) is 5. The van der Waals surface area contributed by atoms with Crippen LogP contribution in [0.15, 0.2) is 53.4 Å². The molecule has 0 aliphatic heterocycles. The second kappa shape index (κ2) is 10.9. The summed E-state index contributed by atoms with van der Waals surface area (Å²) in [5.74, 6) is 1.32. The van der Waals surface area contributed by atoms with E-state index in [0.717, 1.165) is 6.42 Å². The molecular formula is C22H29NO5S. The first-order chi connectivity index (χ1) is 13.8. The Hall–Kier alpha value is -2.54. The molecule has 2 aromatic rings. The Kier molecular flexibility index (Phi) is 8.51. The normalized spacial score (nSPS) is 11.3. The van der Waals surface area contributed by atoms with Gasteiger partial charge in [0.2, 0.25) is 0 Å². The maximum absolute atomic E-state index is 12.4. The van der Waals surface area contributed by atoms with Gasteiger partial charge >= 0.3 is 0 Å². The van der Waals surface area contributed by atoms with Crippen molar-refractivity contribution in [3.8, 4) is 11.5 Å². The van der Waals surface area contributed by atoms with E-state index in [1.54, 1.807) is 48.5 Å². The largest absolute Gasteiger partial charge is 0.493 e. The molecule has 158 valence electrons. The summed E-state index contributed by atoms with van der Waals surface area (Å²) >= 11 is 0. The molecule has 29 heavy (non-hydrogen) atoms. The lowest BCUT2D eigenvalue weighted by atomic mass is 10.1. The van der Waals surface area contributed by atoms with Crippen molar-refractivity contribution in [1.29, 1.82) is 0 Å². The van der Waals surface area contributed by atoms with Crippen LogP contribution >= 0.6 is 0 Å². The van der Waals surface area contributed by atoms with Crippen molar-refractivity contribution in [3.05, 3.63) is 54.1 Å². The average Bonchev–Trinajstić information content (AvgIpc) is 2.71. The number of nitrogens with one attached hydrogen (secondary N) is 1. The minimum atomic E-state index is -3.34. The highest BCUT2D eigenvalue weighted by atomic mass is 32.2. The van der Waals surface area contributed by atoms with Crippen LogP contribution < -0.4 is 14.8 Å². The molecule has 0 aliphatic rings. The molecular weight excluding hydrogens is 390 g/mol. The third kappa shape index (κ3) is 7.09. The van der Waals surface area contributed by atoms with Gasteiger partial charge in [0.1, 0.15) is 0 Å². The summed E-state index contributed by atoms with van der Waals surface area (Å²) in [5, 5.41) is 2.75. The highest BCUT2D eigenvalue weighted by Crippen LogP contribution is 2.28. The predicted octanol–water partition coefficient (Wildman–Crippen LogP) is 3.71. The van der Waals surface area contributed by atoms with Crippen molar-refractivity contribution >= 4 is 15.7 Å². The third-order valence-electron chi connectivity index (χ3n) is 4.36. The van der Waals surface area contributed by atoms with Gasteiger partial charge in [-0.2, -0.15) is 0 Å². The zero-order valence-corrected chi connectivity index (χ0v) is 18.0. The molecule has 0 aromatic heterocycles. The van der Waals surface area contributed by atoms with Crippen molar-refractivity contribution in [2.75, 3.05) is 26.0 Å². The molecule has 0 unspecified atom stereocenters. The Balaban J connectivity index is 1.87. The average molecular weight is 420 g/mol. The Morgan fingerprint density at radius 3 is 2.45 bits per heavy atom. The standard InChI is InChI=1S/C22H29NO5S/c1-17(2)12-14-28-20-11-10-18(16-21(20)27-3)22(24)23-13-7-15-29(25,26)19-8-5-4-6-9-19/h4-6,8-11,16-17H,7,12-15H2,1-3H3,(H,23,24). The minimum absolute atomic E-state index is 0.0246. The van der Waals surface area contributed by atoms with Crippen LogP contribution in [0.2, 0.25) is 0 Å². The molecule has 0 bridgehead atoms. The van der Waals surface area contributed by atoms with Gasteiger partial charge in [-0.1, -0.05) is 32.0 Å². The summed E-state index contributed by atoms with van der Waals surface area (Å²) in [6.07, 6.45) is 1.26. The van der Waals surface area contributed by atoms with E-state index in [0.29, 0.717) is 40.9 Å². The monoisotopic (exact) mass is 419 g/mol. The lowest BCUT2D eigenvalue weighted by Crippen LogP contribution is -2.26. The van der Waals surface area contributed by atoms with Gasteiger partial charge in [-0.05, 0) is 49.1 Å². The van der Waals surface area contributed by atoms with Gasteiger partial charge in [0, 0.05) is 12.1 Å². The van der Waals surface area contributed by atoms with Crippen LogP contribution in [-0.2, 0) is 9.84 Å². The van der Waals surface area contributed by atoms with Crippen molar-refractivity contribution in [2.45, 2.75) is 31.6 Å². The van der Waals surface area contributed by atoms with Crippen molar-refractivity contribution < 1.29 is 22.7 Å². The molecule has 2 rings (SSSR count). The van der Waals surface area contributed by atoms with Crippen LogP contribution in [0.3, 0.4) is 0 Å². The summed E-state index contributed by atoms with van der Waals surface area (Å²) < 4.78 is 35.6. The molecule has 0 spiro atoms. The van der Waals surface area contributed by atoms with Crippen LogP contribution in [0, 0.1) is 5.92 Å². The number of amides is 1. The Morgan fingerprint density at radius 1 is 1.07 bits per heavy atom. The first kappa shape index (κ1) is 22.7. The van der Waals surface area contributed by atoms with Gasteiger partial charge in [-0.25, -0.2) is 8.42 Å². The zero-order valence-electron chi connectivity index (χ0n) is 17.2. The van der Waals surface area contributed by atoms with E-state index < -0.39 is 9.84 Å². The van der Waals surface area contributed by atoms with E-state index >= 15 is 0 Å². The van der Waals surface area contributed by atoms with Gasteiger partial charge in [0.25, 0.3) is 5.91 Å². The summed E-state index contributed by atoms with van der Waals surface area (Å²) in [6.45, 7) is 5.09. The number of hydrogen-bond donors (Lipinski definition) is 1. The summed E-state index contributed by atoms with van der Waals surface area (Å²) in [5.41, 5.74) is 0.434. The number of ether oxygens (including phenoxy) is 2. The van der Waals surface area contributed by atoms with Gasteiger partial charge in [-0.15, -0.1) is 0 Å². The third-order valence-corrected chi connectivity index (χ3v) is 6.17. The fraction of sp³-hybridized carbons (Fsp3) is 0.409. The quantitative estimate of drug-likeness (QED) is 0.562. The maximum atomic E-state index is 12.4. The van der Waals surface area contributed by atoms with Gasteiger partial charge in [-0.3, -0.25) is 4.79 Å². The molecule has 0 saturated heterocycles. The lowest BCUT2D eigenvalue weighted by Gasteiger charge is -2.13. The van der Waals surface area contributed by atoms with Crippen LogP contribution in [0.5, 0.6) is 11.5 Å². The first-order valence-electron chi connectivity index (χ1n) is 9.70. The van der Waals surface area contributed by atoms with Crippen molar-refractivity contribution in [2.24, 2.45) is 5.92 Å². The molecule has 0 heterocycles. The van der Waals surface area contributed by atoms with E-state index in [1.165, 1.54) is 7.11 Å². The van der Waals surface area contributed by atoms with Crippen molar-refractivity contribution in [3.63, 3.8) is 0 Å².